The third kappa shape index (κ3) is 4.22. The molecular weight excluding hydrogens is 384 g/mol. The zero-order chi connectivity index (χ0) is 22.0. The van der Waals surface area contributed by atoms with E-state index < -0.39 is 0 Å². The standard InChI is InChI=1S/C26H28N4O/c1-17(21-11-7-5-8-12-21)16-27-24(31)15-23-18(2)28-26-25(22-13-9-6-10-14-22)19(3)29-30(26)20(23)4/h5-14,17H,15-16H2,1-4H3,(H,27,31)/t17-/m1/s1. The van der Waals surface area contributed by atoms with Crippen LogP contribution in [0.25, 0.3) is 16.8 Å². The summed E-state index contributed by atoms with van der Waals surface area (Å²) in [5, 5.41) is 7.81. The summed E-state index contributed by atoms with van der Waals surface area (Å²) in [5.41, 5.74) is 7.88. The molecule has 2 aromatic carbocycles. The van der Waals surface area contributed by atoms with E-state index in [1.165, 1.54) is 5.56 Å². The molecule has 1 atom stereocenters. The van der Waals surface area contributed by atoms with Crippen molar-refractivity contribution in [1.29, 1.82) is 0 Å². The lowest BCUT2D eigenvalue weighted by atomic mass is 10.0. The van der Waals surface area contributed by atoms with Crippen molar-refractivity contribution in [2.24, 2.45) is 0 Å². The smallest absolute Gasteiger partial charge is 0.224 e. The van der Waals surface area contributed by atoms with Gasteiger partial charge in [0.05, 0.1) is 12.1 Å². The van der Waals surface area contributed by atoms with Gasteiger partial charge in [-0.05, 0) is 37.8 Å². The molecule has 1 N–H and O–H groups in total. The van der Waals surface area contributed by atoms with Crippen LogP contribution in [0, 0.1) is 20.8 Å². The molecule has 0 aliphatic rings. The van der Waals surface area contributed by atoms with E-state index in [9.17, 15) is 4.79 Å². The molecule has 4 rings (SSSR count). The average Bonchev–Trinajstić information content (AvgIpc) is 3.12. The molecule has 0 radical (unpaired) electrons. The molecule has 2 aromatic heterocycles. The lowest BCUT2D eigenvalue weighted by molar-refractivity contribution is -0.120. The zero-order valence-electron chi connectivity index (χ0n) is 18.5. The van der Waals surface area contributed by atoms with Gasteiger partial charge in [0.2, 0.25) is 5.91 Å². The first-order valence-electron chi connectivity index (χ1n) is 10.7. The van der Waals surface area contributed by atoms with Crippen LogP contribution in [-0.2, 0) is 11.2 Å². The summed E-state index contributed by atoms with van der Waals surface area (Å²) in [5.74, 6) is 0.262. The van der Waals surface area contributed by atoms with Gasteiger partial charge in [-0.15, -0.1) is 0 Å². The first-order valence-corrected chi connectivity index (χ1v) is 10.7. The summed E-state index contributed by atoms with van der Waals surface area (Å²) in [4.78, 5) is 17.6. The summed E-state index contributed by atoms with van der Waals surface area (Å²) < 4.78 is 1.87. The van der Waals surface area contributed by atoms with Gasteiger partial charge < -0.3 is 5.32 Å². The van der Waals surface area contributed by atoms with Gasteiger partial charge in [0.1, 0.15) is 0 Å². The van der Waals surface area contributed by atoms with Crippen molar-refractivity contribution in [3.05, 3.63) is 88.9 Å². The number of aryl methyl sites for hydroxylation is 3. The highest BCUT2D eigenvalue weighted by atomic mass is 16.1. The molecule has 31 heavy (non-hydrogen) atoms. The van der Waals surface area contributed by atoms with Crippen LogP contribution in [0.2, 0.25) is 0 Å². The number of fused-ring (bicyclic) bond motifs is 1. The molecule has 4 aromatic rings. The van der Waals surface area contributed by atoms with Crippen LogP contribution >= 0.6 is 0 Å². The predicted molar refractivity (Wildman–Crippen MR) is 124 cm³/mol. The minimum atomic E-state index is 0.00212. The summed E-state index contributed by atoms with van der Waals surface area (Å²) >= 11 is 0. The number of carbonyl (C=O) groups is 1. The summed E-state index contributed by atoms with van der Waals surface area (Å²) in [6, 6.07) is 20.4. The van der Waals surface area contributed by atoms with Gasteiger partial charge in [-0.25, -0.2) is 9.50 Å². The SMILES string of the molecule is Cc1nc2c(-c3ccccc3)c(C)nn2c(C)c1CC(=O)NC[C@@H](C)c1ccccc1. The maximum atomic E-state index is 12.7. The summed E-state index contributed by atoms with van der Waals surface area (Å²) in [7, 11) is 0. The lowest BCUT2D eigenvalue weighted by Gasteiger charge is -2.15. The third-order valence-electron chi connectivity index (χ3n) is 5.87. The number of nitrogens with zero attached hydrogens (tertiary/aromatic N) is 3. The van der Waals surface area contributed by atoms with E-state index in [1.54, 1.807) is 0 Å². The molecule has 158 valence electrons. The highest BCUT2D eigenvalue weighted by molar-refractivity contribution is 5.82. The molecule has 0 saturated heterocycles. The zero-order valence-corrected chi connectivity index (χ0v) is 18.5. The molecule has 0 saturated carbocycles. The molecule has 0 aliphatic heterocycles. The number of hydrogen-bond donors (Lipinski definition) is 1. The van der Waals surface area contributed by atoms with Gasteiger partial charge in [-0.2, -0.15) is 5.10 Å². The Morgan fingerprint density at radius 1 is 0.968 bits per heavy atom. The largest absolute Gasteiger partial charge is 0.355 e. The number of nitrogens with one attached hydrogen (secondary N) is 1. The van der Waals surface area contributed by atoms with E-state index >= 15 is 0 Å². The van der Waals surface area contributed by atoms with Gasteiger partial charge in [0.25, 0.3) is 0 Å². The fraction of sp³-hybridized carbons (Fsp3) is 0.269. The van der Waals surface area contributed by atoms with E-state index in [2.05, 4.69) is 36.5 Å². The maximum absolute atomic E-state index is 12.7. The molecule has 5 nitrogen and oxygen atoms in total. The predicted octanol–water partition coefficient (Wildman–Crippen LogP) is 4.78. The Kier molecular flexibility index (Phi) is 5.85. The van der Waals surface area contributed by atoms with Crippen LogP contribution in [0.3, 0.4) is 0 Å². The monoisotopic (exact) mass is 412 g/mol. The fourth-order valence-corrected chi connectivity index (χ4v) is 4.06. The van der Waals surface area contributed by atoms with Gasteiger partial charge >= 0.3 is 0 Å². The first kappa shape index (κ1) is 20.8. The number of benzene rings is 2. The van der Waals surface area contributed by atoms with E-state index in [4.69, 9.17) is 10.1 Å². The topological polar surface area (TPSA) is 59.3 Å². The van der Waals surface area contributed by atoms with E-state index in [0.717, 1.165) is 39.4 Å². The second kappa shape index (κ2) is 8.72. The van der Waals surface area contributed by atoms with E-state index in [-0.39, 0.29) is 11.8 Å². The third-order valence-corrected chi connectivity index (χ3v) is 5.87. The van der Waals surface area contributed by atoms with Crippen LogP contribution in [-0.4, -0.2) is 27.0 Å². The van der Waals surface area contributed by atoms with Gasteiger partial charge in [-0.1, -0.05) is 67.6 Å². The molecular formula is C26H28N4O. The first-order chi connectivity index (χ1) is 15.0. The molecule has 2 heterocycles. The van der Waals surface area contributed by atoms with Gasteiger partial charge in [0.15, 0.2) is 5.65 Å². The Hall–Kier alpha value is -3.47. The minimum Gasteiger partial charge on any atom is -0.355 e. The Bertz CT molecular complexity index is 1210. The molecule has 0 bridgehead atoms. The van der Waals surface area contributed by atoms with Crippen LogP contribution in [0.1, 0.15) is 41.1 Å². The highest BCUT2D eigenvalue weighted by Crippen LogP contribution is 2.29. The maximum Gasteiger partial charge on any atom is 0.224 e. The molecule has 0 aliphatic carbocycles. The van der Waals surface area contributed by atoms with Crippen LogP contribution < -0.4 is 5.32 Å². The molecule has 0 fully saturated rings. The number of aromatic nitrogens is 3. The summed E-state index contributed by atoms with van der Waals surface area (Å²) in [6.07, 6.45) is 0.293. The van der Waals surface area contributed by atoms with Crippen molar-refractivity contribution >= 4 is 11.6 Å². The van der Waals surface area contributed by atoms with Gasteiger partial charge in [-0.3, -0.25) is 4.79 Å². The Morgan fingerprint density at radius 2 is 1.61 bits per heavy atom. The lowest BCUT2D eigenvalue weighted by Crippen LogP contribution is -2.29. The molecule has 0 unspecified atom stereocenters. The summed E-state index contributed by atoms with van der Waals surface area (Å²) in [6.45, 7) is 8.72. The second-order valence-electron chi connectivity index (χ2n) is 8.12. The van der Waals surface area contributed by atoms with Crippen molar-refractivity contribution in [2.75, 3.05) is 6.54 Å². The van der Waals surface area contributed by atoms with Crippen molar-refractivity contribution in [3.8, 4) is 11.1 Å². The average molecular weight is 413 g/mol. The number of amides is 1. The number of carbonyl (C=O) groups excluding carboxylic acids is 1. The van der Waals surface area contributed by atoms with Crippen molar-refractivity contribution in [2.45, 2.75) is 40.0 Å². The Balaban J connectivity index is 1.56. The fourth-order valence-electron chi connectivity index (χ4n) is 4.06. The molecule has 5 heteroatoms. The van der Waals surface area contributed by atoms with Crippen LogP contribution in [0.15, 0.2) is 60.7 Å². The van der Waals surface area contributed by atoms with Crippen LogP contribution in [0.5, 0.6) is 0 Å². The van der Waals surface area contributed by atoms with Crippen molar-refractivity contribution < 1.29 is 4.79 Å². The number of rotatable bonds is 6. The van der Waals surface area contributed by atoms with Crippen molar-refractivity contribution in [1.82, 2.24) is 19.9 Å². The molecule has 1 amide bonds. The van der Waals surface area contributed by atoms with Crippen molar-refractivity contribution in [3.63, 3.8) is 0 Å². The highest BCUT2D eigenvalue weighted by Gasteiger charge is 2.19. The van der Waals surface area contributed by atoms with E-state index in [0.29, 0.717) is 13.0 Å². The quantitative estimate of drug-likeness (QED) is 0.496. The van der Waals surface area contributed by atoms with Gasteiger partial charge in [0, 0.05) is 29.1 Å². The number of hydrogen-bond acceptors (Lipinski definition) is 3. The second-order valence-corrected chi connectivity index (χ2v) is 8.12. The Morgan fingerprint density at radius 3 is 2.29 bits per heavy atom. The van der Waals surface area contributed by atoms with Crippen LogP contribution in [0.4, 0.5) is 0 Å². The minimum absolute atomic E-state index is 0.00212. The molecule has 0 spiro atoms. The Labute approximate surface area is 183 Å². The van der Waals surface area contributed by atoms with E-state index in [1.807, 2.05) is 61.7 Å². The normalized spacial score (nSPS) is 12.1.